The van der Waals surface area contributed by atoms with Crippen LogP contribution in [0.25, 0.3) is 0 Å². The maximum atomic E-state index is 12.1. The van der Waals surface area contributed by atoms with Gasteiger partial charge in [0.2, 0.25) is 0 Å². The van der Waals surface area contributed by atoms with Crippen molar-refractivity contribution < 1.29 is 9.53 Å². The Labute approximate surface area is 138 Å². The molecule has 0 spiro atoms. The lowest BCUT2D eigenvalue weighted by molar-refractivity contribution is -0.125. The standard InChI is InChI=1S/C20H27NO2/c1-14-2-4-18(5-3-14)23-12-19(22)21-13-20-9-15-6-16(10-20)8-17(7-15)11-20/h2-5,15-17H,6-13H2,1H3,(H,21,22). The molecule has 1 aromatic rings. The highest BCUT2D eigenvalue weighted by Crippen LogP contribution is 2.59. The number of hydrogen-bond donors (Lipinski definition) is 1. The van der Waals surface area contributed by atoms with Crippen LogP contribution in [0.5, 0.6) is 5.75 Å². The molecule has 0 radical (unpaired) electrons. The second-order valence-corrected chi connectivity index (χ2v) is 8.30. The highest BCUT2D eigenvalue weighted by molar-refractivity contribution is 5.77. The fourth-order valence-corrected chi connectivity index (χ4v) is 5.63. The van der Waals surface area contributed by atoms with Gasteiger partial charge in [-0.3, -0.25) is 4.79 Å². The third-order valence-electron chi connectivity index (χ3n) is 6.22. The number of nitrogens with one attached hydrogen (secondary N) is 1. The molecule has 0 atom stereocenters. The summed E-state index contributed by atoms with van der Waals surface area (Å²) in [7, 11) is 0. The Morgan fingerprint density at radius 2 is 1.65 bits per heavy atom. The van der Waals surface area contributed by atoms with Crippen LogP contribution in [0.15, 0.2) is 24.3 Å². The first-order valence-corrected chi connectivity index (χ1v) is 9.06. The summed E-state index contributed by atoms with van der Waals surface area (Å²) in [5.41, 5.74) is 1.59. The van der Waals surface area contributed by atoms with Gasteiger partial charge in [-0.05, 0) is 80.8 Å². The van der Waals surface area contributed by atoms with Crippen molar-refractivity contribution in [2.75, 3.05) is 13.2 Å². The molecule has 124 valence electrons. The van der Waals surface area contributed by atoms with Crippen LogP contribution in [-0.4, -0.2) is 19.1 Å². The summed E-state index contributed by atoms with van der Waals surface area (Å²) in [6, 6.07) is 7.84. The van der Waals surface area contributed by atoms with E-state index < -0.39 is 0 Å². The minimum Gasteiger partial charge on any atom is -0.484 e. The highest BCUT2D eigenvalue weighted by atomic mass is 16.5. The third-order valence-corrected chi connectivity index (χ3v) is 6.22. The lowest BCUT2D eigenvalue weighted by Gasteiger charge is -2.56. The van der Waals surface area contributed by atoms with Crippen LogP contribution in [0.1, 0.15) is 44.1 Å². The van der Waals surface area contributed by atoms with Gasteiger partial charge in [0.05, 0.1) is 0 Å². The van der Waals surface area contributed by atoms with E-state index in [1.807, 2.05) is 31.2 Å². The molecule has 4 saturated carbocycles. The quantitative estimate of drug-likeness (QED) is 0.900. The van der Waals surface area contributed by atoms with E-state index in [-0.39, 0.29) is 12.5 Å². The van der Waals surface area contributed by atoms with E-state index in [0.29, 0.717) is 5.41 Å². The van der Waals surface area contributed by atoms with Gasteiger partial charge >= 0.3 is 0 Å². The molecular weight excluding hydrogens is 286 g/mol. The summed E-state index contributed by atoms with van der Waals surface area (Å²) in [6.07, 6.45) is 8.34. The summed E-state index contributed by atoms with van der Waals surface area (Å²) in [5, 5.41) is 3.16. The zero-order valence-electron chi connectivity index (χ0n) is 14.0. The largest absolute Gasteiger partial charge is 0.484 e. The van der Waals surface area contributed by atoms with Crippen molar-refractivity contribution in [1.29, 1.82) is 0 Å². The number of aryl methyl sites for hydroxylation is 1. The highest BCUT2D eigenvalue weighted by Gasteiger charge is 2.50. The molecular formula is C20H27NO2. The number of carbonyl (C=O) groups is 1. The molecule has 23 heavy (non-hydrogen) atoms. The van der Waals surface area contributed by atoms with Crippen molar-refractivity contribution in [3.63, 3.8) is 0 Å². The van der Waals surface area contributed by atoms with E-state index >= 15 is 0 Å². The Bertz CT molecular complexity index is 543. The lowest BCUT2D eigenvalue weighted by atomic mass is 9.49. The maximum absolute atomic E-state index is 12.1. The summed E-state index contributed by atoms with van der Waals surface area (Å²) < 4.78 is 5.58. The first kappa shape index (κ1) is 15.0. The summed E-state index contributed by atoms with van der Waals surface area (Å²) in [4.78, 5) is 12.1. The lowest BCUT2D eigenvalue weighted by Crippen LogP contribution is -2.51. The second kappa shape index (κ2) is 5.85. The van der Waals surface area contributed by atoms with Crippen LogP contribution in [0.3, 0.4) is 0 Å². The fourth-order valence-electron chi connectivity index (χ4n) is 5.63. The normalized spacial score (nSPS) is 34.4. The number of hydrogen-bond acceptors (Lipinski definition) is 2. The Balaban J connectivity index is 1.27. The van der Waals surface area contributed by atoms with E-state index in [2.05, 4.69) is 5.32 Å². The average Bonchev–Trinajstić information content (AvgIpc) is 2.51. The maximum Gasteiger partial charge on any atom is 0.257 e. The van der Waals surface area contributed by atoms with Gasteiger partial charge in [-0.25, -0.2) is 0 Å². The van der Waals surface area contributed by atoms with E-state index in [1.54, 1.807) is 0 Å². The topological polar surface area (TPSA) is 38.3 Å². The smallest absolute Gasteiger partial charge is 0.257 e. The van der Waals surface area contributed by atoms with Crippen LogP contribution in [0.2, 0.25) is 0 Å². The molecule has 4 fully saturated rings. The molecule has 3 nitrogen and oxygen atoms in total. The Hall–Kier alpha value is -1.51. The number of benzene rings is 1. The number of amides is 1. The second-order valence-electron chi connectivity index (χ2n) is 8.30. The SMILES string of the molecule is Cc1ccc(OCC(=O)NCC23CC4CC(CC(C4)C2)C3)cc1. The molecule has 1 amide bonds. The van der Waals surface area contributed by atoms with Crippen LogP contribution < -0.4 is 10.1 Å². The van der Waals surface area contributed by atoms with E-state index in [0.717, 1.165) is 30.0 Å². The Kier molecular flexibility index (Phi) is 3.82. The van der Waals surface area contributed by atoms with Crippen molar-refractivity contribution >= 4 is 5.91 Å². The van der Waals surface area contributed by atoms with Gasteiger partial charge in [0.15, 0.2) is 6.61 Å². The minimum atomic E-state index is 0.0151. The van der Waals surface area contributed by atoms with Crippen LogP contribution in [0, 0.1) is 30.1 Å². The molecule has 4 aliphatic rings. The minimum absolute atomic E-state index is 0.0151. The Morgan fingerprint density at radius 1 is 1.09 bits per heavy atom. The zero-order chi connectivity index (χ0) is 15.9. The predicted molar refractivity (Wildman–Crippen MR) is 90.3 cm³/mol. The van der Waals surface area contributed by atoms with Crippen LogP contribution in [0.4, 0.5) is 0 Å². The van der Waals surface area contributed by atoms with Gasteiger partial charge in [-0.15, -0.1) is 0 Å². The molecule has 4 bridgehead atoms. The fraction of sp³-hybridized carbons (Fsp3) is 0.650. The van der Waals surface area contributed by atoms with Gasteiger partial charge < -0.3 is 10.1 Å². The molecule has 4 aliphatic carbocycles. The molecule has 5 rings (SSSR count). The van der Waals surface area contributed by atoms with E-state index in [4.69, 9.17) is 4.74 Å². The molecule has 0 aromatic heterocycles. The van der Waals surface area contributed by atoms with Crippen molar-refractivity contribution in [2.45, 2.75) is 45.4 Å². The van der Waals surface area contributed by atoms with E-state index in [9.17, 15) is 4.79 Å². The summed E-state index contributed by atoms with van der Waals surface area (Å²) in [6.45, 7) is 3.02. The van der Waals surface area contributed by atoms with Gasteiger partial charge in [-0.2, -0.15) is 0 Å². The average molecular weight is 313 g/mol. The molecule has 0 saturated heterocycles. The number of ether oxygens (including phenoxy) is 1. The molecule has 3 heteroatoms. The summed E-state index contributed by atoms with van der Waals surface area (Å²) >= 11 is 0. The number of carbonyl (C=O) groups excluding carboxylic acids is 1. The Morgan fingerprint density at radius 3 is 2.22 bits per heavy atom. The molecule has 1 aromatic carbocycles. The first-order valence-electron chi connectivity index (χ1n) is 9.06. The predicted octanol–water partition coefficient (Wildman–Crippen LogP) is 3.71. The third kappa shape index (κ3) is 3.24. The van der Waals surface area contributed by atoms with Crippen molar-refractivity contribution in [3.8, 4) is 5.75 Å². The van der Waals surface area contributed by atoms with Crippen LogP contribution in [-0.2, 0) is 4.79 Å². The summed E-state index contributed by atoms with van der Waals surface area (Å²) in [5.74, 6) is 3.58. The van der Waals surface area contributed by atoms with Gasteiger partial charge in [0, 0.05) is 6.54 Å². The molecule has 0 unspecified atom stereocenters. The first-order chi connectivity index (χ1) is 11.1. The van der Waals surface area contributed by atoms with Gasteiger partial charge in [0.1, 0.15) is 5.75 Å². The van der Waals surface area contributed by atoms with Crippen molar-refractivity contribution in [3.05, 3.63) is 29.8 Å². The molecule has 0 aliphatic heterocycles. The van der Waals surface area contributed by atoms with Crippen molar-refractivity contribution in [1.82, 2.24) is 5.32 Å². The number of rotatable bonds is 5. The van der Waals surface area contributed by atoms with Gasteiger partial charge in [-0.1, -0.05) is 17.7 Å². The monoisotopic (exact) mass is 313 g/mol. The zero-order valence-corrected chi connectivity index (χ0v) is 14.0. The molecule has 0 heterocycles. The molecule has 1 N–H and O–H groups in total. The van der Waals surface area contributed by atoms with E-state index in [1.165, 1.54) is 44.1 Å². The van der Waals surface area contributed by atoms with Crippen LogP contribution >= 0.6 is 0 Å². The van der Waals surface area contributed by atoms with Crippen molar-refractivity contribution in [2.24, 2.45) is 23.2 Å². The van der Waals surface area contributed by atoms with Gasteiger partial charge in [0.25, 0.3) is 5.91 Å².